The van der Waals surface area contributed by atoms with Crippen molar-refractivity contribution in [3.63, 3.8) is 0 Å². The Morgan fingerprint density at radius 3 is 2.30 bits per heavy atom. The van der Waals surface area contributed by atoms with Gasteiger partial charge in [0.15, 0.2) is 0 Å². The van der Waals surface area contributed by atoms with E-state index in [0.717, 1.165) is 27.8 Å². The molecule has 1 unspecified atom stereocenters. The highest BCUT2D eigenvalue weighted by Gasteiger charge is 2.22. The van der Waals surface area contributed by atoms with Gasteiger partial charge in [-0.3, -0.25) is 4.79 Å². The monoisotopic (exact) mass is 446 g/mol. The zero-order valence-electron chi connectivity index (χ0n) is 19.0. The third kappa shape index (κ3) is 6.75. The van der Waals surface area contributed by atoms with Crippen molar-refractivity contribution in [1.82, 2.24) is 10.6 Å². The molecule has 6 heteroatoms. The maximum atomic E-state index is 13.1. The number of rotatable bonds is 11. The molecule has 0 fully saturated rings. The summed E-state index contributed by atoms with van der Waals surface area (Å²) in [6.07, 6.45) is 0.294. The second kappa shape index (κ2) is 11.9. The number of carboxylic acids is 1. The minimum absolute atomic E-state index is 0.294. The Morgan fingerprint density at radius 2 is 1.61 bits per heavy atom. The SMILES string of the molecule is CNCCC(NC(=O)c1ccc(COCc2ccccc2)cc1-c1ccccc1C)C(=O)O. The van der Waals surface area contributed by atoms with E-state index < -0.39 is 17.9 Å². The van der Waals surface area contributed by atoms with Gasteiger partial charge in [-0.05, 0) is 66.9 Å². The fraction of sp³-hybridized carbons (Fsp3) is 0.259. The molecule has 3 N–H and O–H groups in total. The Balaban J connectivity index is 1.85. The summed E-state index contributed by atoms with van der Waals surface area (Å²) in [7, 11) is 1.75. The molecule has 0 aliphatic carbocycles. The lowest BCUT2D eigenvalue weighted by Crippen LogP contribution is -2.42. The first kappa shape index (κ1) is 24.2. The van der Waals surface area contributed by atoms with Gasteiger partial charge in [0.2, 0.25) is 0 Å². The second-order valence-corrected chi connectivity index (χ2v) is 7.93. The van der Waals surface area contributed by atoms with Crippen LogP contribution in [0.25, 0.3) is 11.1 Å². The van der Waals surface area contributed by atoms with Gasteiger partial charge in [0.05, 0.1) is 13.2 Å². The second-order valence-electron chi connectivity index (χ2n) is 7.93. The smallest absolute Gasteiger partial charge is 0.326 e. The Bertz CT molecular complexity index is 1080. The van der Waals surface area contributed by atoms with Gasteiger partial charge in [0.25, 0.3) is 5.91 Å². The van der Waals surface area contributed by atoms with Gasteiger partial charge in [-0.2, -0.15) is 0 Å². The van der Waals surface area contributed by atoms with E-state index >= 15 is 0 Å². The molecule has 6 nitrogen and oxygen atoms in total. The highest BCUT2D eigenvalue weighted by Crippen LogP contribution is 2.28. The van der Waals surface area contributed by atoms with Gasteiger partial charge in [-0.25, -0.2) is 4.79 Å². The van der Waals surface area contributed by atoms with Gasteiger partial charge >= 0.3 is 5.97 Å². The molecule has 0 heterocycles. The highest BCUT2D eigenvalue weighted by atomic mass is 16.5. The normalized spacial score (nSPS) is 11.7. The number of aliphatic carboxylic acids is 1. The number of ether oxygens (including phenoxy) is 1. The zero-order chi connectivity index (χ0) is 23.6. The number of carbonyl (C=O) groups excluding carboxylic acids is 1. The summed E-state index contributed by atoms with van der Waals surface area (Å²) in [6.45, 7) is 3.37. The maximum absolute atomic E-state index is 13.1. The van der Waals surface area contributed by atoms with Crippen LogP contribution >= 0.6 is 0 Å². The van der Waals surface area contributed by atoms with Gasteiger partial charge in [0, 0.05) is 5.56 Å². The lowest BCUT2D eigenvalue weighted by Gasteiger charge is -2.18. The lowest BCUT2D eigenvalue weighted by molar-refractivity contribution is -0.139. The van der Waals surface area contributed by atoms with Crippen LogP contribution < -0.4 is 10.6 Å². The first-order chi connectivity index (χ1) is 16.0. The minimum atomic E-state index is -1.05. The van der Waals surface area contributed by atoms with Crippen molar-refractivity contribution in [3.05, 3.63) is 95.1 Å². The third-order valence-electron chi connectivity index (χ3n) is 5.43. The molecule has 0 aliphatic heterocycles. The number of aryl methyl sites for hydroxylation is 1. The van der Waals surface area contributed by atoms with Crippen molar-refractivity contribution in [2.24, 2.45) is 0 Å². The predicted octanol–water partition coefficient (Wildman–Crippen LogP) is 4.17. The summed E-state index contributed by atoms with van der Waals surface area (Å²) in [5.41, 5.74) is 5.17. The van der Waals surface area contributed by atoms with Gasteiger partial charge in [-0.1, -0.05) is 60.7 Å². The molecular formula is C27H30N2O4. The Morgan fingerprint density at radius 1 is 0.909 bits per heavy atom. The van der Waals surface area contributed by atoms with Crippen LogP contribution in [-0.2, 0) is 22.7 Å². The molecule has 0 bridgehead atoms. The quantitative estimate of drug-likeness (QED) is 0.411. The molecule has 1 amide bonds. The summed E-state index contributed by atoms with van der Waals surface area (Å²) in [6, 6.07) is 22.4. The molecule has 33 heavy (non-hydrogen) atoms. The van der Waals surface area contributed by atoms with Crippen LogP contribution in [0.15, 0.2) is 72.8 Å². The van der Waals surface area contributed by atoms with Crippen molar-refractivity contribution in [2.45, 2.75) is 32.6 Å². The predicted molar refractivity (Wildman–Crippen MR) is 129 cm³/mol. The first-order valence-electron chi connectivity index (χ1n) is 11.0. The number of benzene rings is 3. The van der Waals surface area contributed by atoms with E-state index in [2.05, 4.69) is 10.6 Å². The number of carboxylic acid groups (broad SMARTS) is 1. The van der Waals surface area contributed by atoms with E-state index in [9.17, 15) is 14.7 Å². The molecular weight excluding hydrogens is 416 g/mol. The first-order valence-corrected chi connectivity index (χ1v) is 11.0. The van der Waals surface area contributed by atoms with Gasteiger partial charge < -0.3 is 20.5 Å². The Hall–Kier alpha value is -3.48. The maximum Gasteiger partial charge on any atom is 0.326 e. The van der Waals surface area contributed by atoms with E-state index in [1.165, 1.54) is 0 Å². The van der Waals surface area contributed by atoms with E-state index in [0.29, 0.717) is 31.7 Å². The molecule has 3 aromatic rings. The van der Waals surface area contributed by atoms with Crippen LogP contribution in [0, 0.1) is 6.92 Å². The fourth-order valence-electron chi connectivity index (χ4n) is 3.62. The number of amides is 1. The van der Waals surface area contributed by atoms with E-state index in [4.69, 9.17) is 4.74 Å². The average Bonchev–Trinajstić information content (AvgIpc) is 2.82. The molecule has 0 saturated heterocycles. The van der Waals surface area contributed by atoms with Crippen LogP contribution in [0.2, 0.25) is 0 Å². The molecule has 3 aromatic carbocycles. The lowest BCUT2D eigenvalue weighted by atomic mass is 9.93. The molecule has 0 aliphatic rings. The summed E-state index contributed by atoms with van der Waals surface area (Å²) >= 11 is 0. The van der Waals surface area contributed by atoms with Crippen LogP contribution in [0.3, 0.4) is 0 Å². The molecule has 0 spiro atoms. The Kier molecular flexibility index (Phi) is 8.75. The van der Waals surface area contributed by atoms with E-state index in [-0.39, 0.29) is 0 Å². The topological polar surface area (TPSA) is 87.7 Å². The molecule has 0 saturated carbocycles. The molecule has 0 aromatic heterocycles. The van der Waals surface area contributed by atoms with Crippen LogP contribution in [0.4, 0.5) is 0 Å². The largest absolute Gasteiger partial charge is 0.480 e. The third-order valence-corrected chi connectivity index (χ3v) is 5.43. The van der Waals surface area contributed by atoms with Crippen molar-refractivity contribution >= 4 is 11.9 Å². The average molecular weight is 447 g/mol. The fourth-order valence-corrected chi connectivity index (χ4v) is 3.62. The van der Waals surface area contributed by atoms with E-state index in [1.54, 1.807) is 13.1 Å². The van der Waals surface area contributed by atoms with Crippen LogP contribution in [0.5, 0.6) is 0 Å². The number of hydrogen-bond acceptors (Lipinski definition) is 4. The van der Waals surface area contributed by atoms with Crippen molar-refractivity contribution in [1.29, 1.82) is 0 Å². The van der Waals surface area contributed by atoms with Gasteiger partial charge in [-0.15, -0.1) is 0 Å². The zero-order valence-corrected chi connectivity index (χ0v) is 19.0. The summed E-state index contributed by atoms with van der Waals surface area (Å²) in [5.74, 6) is -1.46. The number of hydrogen-bond donors (Lipinski definition) is 3. The van der Waals surface area contributed by atoms with Crippen molar-refractivity contribution in [2.75, 3.05) is 13.6 Å². The highest BCUT2D eigenvalue weighted by molar-refractivity contribution is 6.02. The van der Waals surface area contributed by atoms with Crippen molar-refractivity contribution < 1.29 is 19.4 Å². The summed E-state index contributed by atoms with van der Waals surface area (Å²) in [4.78, 5) is 24.7. The van der Waals surface area contributed by atoms with Crippen LogP contribution in [-0.4, -0.2) is 36.6 Å². The van der Waals surface area contributed by atoms with Gasteiger partial charge in [0.1, 0.15) is 6.04 Å². The Labute approximate surface area is 194 Å². The van der Waals surface area contributed by atoms with Crippen molar-refractivity contribution in [3.8, 4) is 11.1 Å². The molecule has 1 atom stereocenters. The number of nitrogens with one attached hydrogen (secondary N) is 2. The molecule has 3 rings (SSSR count). The summed E-state index contributed by atoms with van der Waals surface area (Å²) < 4.78 is 5.88. The standard InChI is InChI=1S/C27H30N2O4/c1-19-8-6-7-11-22(19)24-16-21(18-33-17-20-9-4-3-5-10-20)12-13-23(24)26(30)29-25(27(31)32)14-15-28-2/h3-13,16,25,28H,14-15,17-18H2,1-2H3,(H,29,30)(H,31,32). The molecule has 0 radical (unpaired) electrons. The number of carbonyl (C=O) groups is 2. The van der Waals surface area contributed by atoms with E-state index in [1.807, 2.05) is 73.7 Å². The summed E-state index contributed by atoms with van der Waals surface area (Å²) in [5, 5.41) is 15.1. The van der Waals surface area contributed by atoms with Crippen LogP contribution in [0.1, 0.15) is 33.5 Å². The minimum Gasteiger partial charge on any atom is -0.480 e. The molecule has 172 valence electrons.